The summed E-state index contributed by atoms with van der Waals surface area (Å²) in [6, 6.07) is 12.5. The van der Waals surface area contributed by atoms with Crippen molar-refractivity contribution in [1.29, 1.82) is 0 Å². The zero-order chi connectivity index (χ0) is 24.6. The van der Waals surface area contributed by atoms with Crippen LogP contribution in [0.2, 0.25) is 0 Å². The van der Waals surface area contributed by atoms with E-state index in [1.54, 1.807) is 6.08 Å². The lowest BCUT2D eigenvalue weighted by molar-refractivity contribution is -0.986. The van der Waals surface area contributed by atoms with Gasteiger partial charge in [0.1, 0.15) is 18.7 Å². The van der Waals surface area contributed by atoms with Gasteiger partial charge in [-0.25, -0.2) is 13.2 Å². The van der Waals surface area contributed by atoms with Crippen molar-refractivity contribution in [2.75, 3.05) is 19.7 Å². The maximum absolute atomic E-state index is 14.9. The second-order valence-electron chi connectivity index (χ2n) is 10.1. The summed E-state index contributed by atoms with van der Waals surface area (Å²) < 4.78 is 49.9. The molecule has 36 heavy (non-hydrogen) atoms. The zero-order valence-corrected chi connectivity index (χ0v) is 22.1. The summed E-state index contributed by atoms with van der Waals surface area (Å²) in [7, 11) is 0. The molecule has 0 amide bonds. The van der Waals surface area contributed by atoms with E-state index in [2.05, 4.69) is 24.6 Å². The first-order valence-electron chi connectivity index (χ1n) is 12.5. The van der Waals surface area contributed by atoms with Crippen LogP contribution in [0.25, 0.3) is 10.9 Å². The quantitative estimate of drug-likeness (QED) is 0.238. The summed E-state index contributed by atoms with van der Waals surface area (Å²) in [5, 5.41) is 1.04. The van der Waals surface area contributed by atoms with Crippen molar-refractivity contribution < 1.29 is 39.4 Å². The van der Waals surface area contributed by atoms with Crippen molar-refractivity contribution in [3.8, 4) is 0 Å². The van der Waals surface area contributed by atoms with E-state index in [1.165, 1.54) is 6.07 Å². The van der Waals surface area contributed by atoms with Gasteiger partial charge in [-0.05, 0) is 42.2 Å². The highest BCUT2D eigenvalue weighted by molar-refractivity contribution is 5.82. The Labute approximate surface area is 221 Å². The van der Waals surface area contributed by atoms with Gasteiger partial charge in [0, 0.05) is 35.9 Å². The molecule has 4 heterocycles. The summed E-state index contributed by atoms with van der Waals surface area (Å²) in [6.07, 6.45) is 6.35. The summed E-state index contributed by atoms with van der Waals surface area (Å²) in [5.74, 6) is -2.53. The number of ether oxygens (including phenoxy) is 1. The maximum Gasteiger partial charge on any atom is 0.194 e. The van der Waals surface area contributed by atoms with E-state index in [0.717, 1.165) is 54.9 Å². The Balaban J connectivity index is 0.00000304. The molecule has 3 saturated heterocycles. The van der Waals surface area contributed by atoms with Gasteiger partial charge < -0.3 is 26.2 Å². The Morgan fingerprint density at radius 1 is 1.14 bits per heavy atom. The minimum absolute atomic E-state index is 0. The fourth-order valence-corrected chi connectivity index (χ4v) is 6.62. The molecule has 0 N–H and O–H groups in total. The average molecular weight is 561 g/mol. The van der Waals surface area contributed by atoms with Crippen LogP contribution in [-0.4, -0.2) is 35.2 Å². The molecule has 3 aliphatic heterocycles. The summed E-state index contributed by atoms with van der Waals surface area (Å²) in [4.78, 5) is 4.53. The topological polar surface area (TPSA) is 22.1 Å². The first-order valence-corrected chi connectivity index (χ1v) is 12.5. The fraction of sp³-hybridized carbons (Fsp3) is 0.414. The number of hydrogen-bond donors (Lipinski definition) is 0. The van der Waals surface area contributed by atoms with Crippen molar-refractivity contribution in [2.24, 2.45) is 11.8 Å². The first kappa shape index (κ1) is 26.8. The smallest absolute Gasteiger partial charge is 0.194 e. The monoisotopic (exact) mass is 560 g/mol. The molecular weight excluding hydrogens is 529 g/mol. The highest BCUT2D eigenvalue weighted by Crippen LogP contribution is 2.49. The van der Waals surface area contributed by atoms with Crippen LogP contribution in [0.4, 0.5) is 13.2 Å². The van der Waals surface area contributed by atoms with Gasteiger partial charge in [0.25, 0.3) is 0 Å². The number of piperidine rings is 3. The number of benzene rings is 2. The number of fused-ring (bicyclic) bond motifs is 4. The van der Waals surface area contributed by atoms with E-state index in [4.69, 9.17) is 4.74 Å². The molecule has 192 valence electrons. The molecule has 0 spiro atoms. The highest BCUT2D eigenvalue weighted by atomic mass is 79.9. The van der Waals surface area contributed by atoms with E-state index in [9.17, 15) is 13.2 Å². The fourth-order valence-electron chi connectivity index (χ4n) is 6.62. The molecule has 0 saturated carbocycles. The van der Waals surface area contributed by atoms with Crippen molar-refractivity contribution in [3.05, 3.63) is 89.9 Å². The standard InChI is InChI=1S/C29H32F3N2O.BrH/c1-3-15-35-29(23-11-13-33-25-8-6-5-7-22(23)25)26-16-20-12-14-34(26,17-19(20)4-2)18-21-9-10-24(30)28(32)27(21)31;/h3,5-11,13,19-20,26,29H,1,4,12,14-18H2,2H3;1H/q+1;/p-1/t19-,20-,26+,29-,34?;/m0./s1. The second-order valence-corrected chi connectivity index (χ2v) is 10.1. The molecule has 3 nitrogen and oxygen atoms in total. The van der Waals surface area contributed by atoms with E-state index in [-0.39, 0.29) is 34.7 Å². The Kier molecular flexibility index (Phi) is 8.22. The number of quaternary nitrogens is 1. The summed E-state index contributed by atoms with van der Waals surface area (Å²) in [6.45, 7) is 8.50. The molecule has 7 heteroatoms. The first-order chi connectivity index (χ1) is 17.0. The molecule has 6 rings (SSSR count). The number of halogens is 4. The lowest BCUT2D eigenvalue weighted by Gasteiger charge is -2.59. The van der Waals surface area contributed by atoms with Crippen LogP contribution in [0.3, 0.4) is 0 Å². The molecule has 5 atom stereocenters. The van der Waals surface area contributed by atoms with Crippen LogP contribution in [-0.2, 0) is 11.3 Å². The summed E-state index contributed by atoms with van der Waals surface area (Å²) in [5.41, 5.74) is 2.19. The molecule has 0 radical (unpaired) electrons. The molecule has 0 aliphatic carbocycles. The molecule has 1 unspecified atom stereocenters. The lowest BCUT2D eigenvalue weighted by Crippen LogP contribution is -3.00. The van der Waals surface area contributed by atoms with Gasteiger partial charge in [0.15, 0.2) is 17.5 Å². The van der Waals surface area contributed by atoms with Gasteiger partial charge in [-0.1, -0.05) is 31.2 Å². The molecule has 3 fully saturated rings. The van der Waals surface area contributed by atoms with Gasteiger partial charge in [-0.3, -0.25) is 4.98 Å². The number of hydrogen-bond acceptors (Lipinski definition) is 2. The molecular formula is C29H32BrF3N2O. The minimum atomic E-state index is -1.39. The number of para-hydroxylation sites is 1. The van der Waals surface area contributed by atoms with Gasteiger partial charge in [-0.2, -0.15) is 0 Å². The van der Waals surface area contributed by atoms with Crippen molar-refractivity contribution in [1.82, 2.24) is 4.98 Å². The molecule has 3 aliphatic rings. The molecule has 2 bridgehead atoms. The largest absolute Gasteiger partial charge is 1.00 e. The van der Waals surface area contributed by atoms with E-state index in [1.807, 2.05) is 30.5 Å². The van der Waals surface area contributed by atoms with Crippen LogP contribution >= 0.6 is 0 Å². The average Bonchev–Trinajstić information content (AvgIpc) is 2.89. The van der Waals surface area contributed by atoms with Crippen LogP contribution < -0.4 is 17.0 Å². The number of rotatable bonds is 8. The second kappa shape index (κ2) is 11.0. The highest BCUT2D eigenvalue weighted by Gasteiger charge is 2.55. The van der Waals surface area contributed by atoms with Crippen molar-refractivity contribution >= 4 is 10.9 Å². The van der Waals surface area contributed by atoms with E-state index >= 15 is 0 Å². The Hall–Kier alpha value is -2.22. The van der Waals surface area contributed by atoms with Gasteiger partial charge in [0.2, 0.25) is 0 Å². The van der Waals surface area contributed by atoms with Gasteiger partial charge in [-0.15, -0.1) is 6.58 Å². The van der Waals surface area contributed by atoms with Crippen molar-refractivity contribution in [3.63, 3.8) is 0 Å². The predicted molar refractivity (Wildman–Crippen MR) is 131 cm³/mol. The third-order valence-electron chi connectivity index (χ3n) is 8.31. The van der Waals surface area contributed by atoms with Crippen LogP contribution in [0.15, 0.2) is 61.3 Å². The third-order valence-corrected chi connectivity index (χ3v) is 8.31. The summed E-state index contributed by atoms with van der Waals surface area (Å²) >= 11 is 0. The molecule has 3 aromatic rings. The lowest BCUT2D eigenvalue weighted by atomic mass is 9.70. The SMILES string of the molecule is C=CCO[C@@H](c1ccnc2ccccc12)[C@H]1C[C@@H]2CC[N+]1(Cc1ccc(F)c(F)c1F)C[C@@H]2CC.[Br-]. The van der Waals surface area contributed by atoms with Gasteiger partial charge >= 0.3 is 0 Å². The Morgan fingerprint density at radius 2 is 1.94 bits per heavy atom. The van der Waals surface area contributed by atoms with Crippen LogP contribution in [0, 0.1) is 29.3 Å². The number of nitrogens with zero attached hydrogens (tertiary/aromatic N) is 2. The van der Waals surface area contributed by atoms with Crippen LogP contribution in [0.1, 0.15) is 43.4 Å². The normalized spacial score (nSPS) is 25.9. The third kappa shape index (κ3) is 4.73. The maximum atomic E-state index is 14.9. The zero-order valence-electron chi connectivity index (χ0n) is 20.5. The Morgan fingerprint density at radius 3 is 2.72 bits per heavy atom. The molecule has 1 aromatic heterocycles. The van der Waals surface area contributed by atoms with Crippen LogP contribution in [0.5, 0.6) is 0 Å². The van der Waals surface area contributed by atoms with Crippen molar-refractivity contribution in [2.45, 2.75) is 44.9 Å². The minimum Gasteiger partial charge on any atom is -1.00 e. The predicted octanol–water partition coefficient (Wildman–Crippen LogP) is 3.74. The Bertz CT molecular complexity index is 1230. The van der Waals surface area contributed by atoms with E-state index in [0.29, 0.717) is 29.5 Å². The molecule has 2 aromatic carbocycles. The number of pyridine rings is 1. The van der Waals surface area contributed by atoms with Gasteiger partial charge in [0.05, 0.1) is 25.2 Å². The number of aromatic nitrogens is 1. The van der Waals surface area contributed by atoms with E-state index < -0.39 is 17.5 Å².